The molecule has 0 aliphatic rings. The van der Waals surface area contributed by atoms with Crippen LogP contribution in [-0.4, -0.2) is 29.4 Å². The number of aldehydes is 1. The first-order valence-electron chi connectivity index (χ1n) is 3.94. The second-order valence-electron chi connectivity index (χ2n) is 2.65. The van der Waals surface area contributed by atoms with E-state index in [0.29, 0.717) is 6.42 Å². The number of carbonyl (C=O) groups is 3. The van der Waals surface area contributed by atoms with Crippen LogP contribution in [0.15, 0.2) is 0 Å². The molecule has 1 unspecified atom stereocenters. The van der Waals surface area contributed by atoms with E-state index in [9.17, 15) is 19.5 Å². The molecule has 5 nitrogen and oxygen atoms in total. The van der Waals surface area contributed by atoms with Gasteiger partial charge in [-0.15, -0.1) is 0 Å². The molecule has 0 fully saturated rings. The van der Waals surface area contributed by atoms with E-state index in [1.807, 2.05) is 6.92 Å². The normalized spacial score (nSPS) is 14.3. The highest BCUT2D eigenvalue weighted by Gasteiger charge is 2.36. The largest absolute Gasteiger partial charge is 0.393 e. The molecule has 13 heavy (non-hydrogen) atoms. The lowest BCUT2D eigenvalue weighted by molar-refractivity contribution is -0.169. The van der Waals surface area contributed by atoms with Gasteiger partial charge in [0, 0.05) is 0 Å². The topological polar surface area (TPSA) is 80.7 Å². The first kappa shape index (κ1) is 11.8. The molecule has 1 N–H and O–H groups in total. The summed E-state index contributed by atoms with van der Waals surface area (Å²) < 4.78 is 3.89. The van der Waals surface area contributed by atoms with E-state index in [0.717, 1.165) is 6.42 Å². The fourth-order valence-electron chi connectivity index (χ4n) is 0.801. The van der Waals surface area contributed by atoms with Crippen molar-refractivity contribution < 1.29 is 24.2 Å². The number of esters is 1. The van der Waals surface area contributed by atoms with E-state index in [1.54, 1.807) is 0 Å². The van der Waals surface area contributed by atoms with E-state index in [1.165, 1.54) is 0 Å². The van der Waals surface area contributed by atoms with Crippen LogP contribution < -0.4 is 0 Å². The van der Waals surface area contributed by atoms with Crippen LogP contribution in [-0.2, 0) is 19.1 Å². The number of hydrogen-bond donors (Lipinski definition) is 1. The predicted molar refractivity (Wildman–Crippen MR) is 42.7 cm³/mol. The Morgan fingerprint density at radius 3 is 2.54 bits per heavy atom. The van der Waals surface area contributed by atoms with Gasteiger partial charge >= 0.3 is 12.4 Å². The Morgan fingerprint density at radius 1 is 1.54 bits per heavy atom. The predicted octanol–water partition coefficient (Wildman–Crippen LogP) is -0.194. The number of carbonyl (C=O) groups excluding carboxylic acids is 3. The van der Waals surface area contributed by atoms with Crippen molar-refractivity contribution >= 4 is 18.7 Å². The minimum absolute atomic E-state index is 0.0281. The van der Waals surface area contributed by atoms with Gasteiger partial charge in [0.05, 0.1) is 0 Å². The summed E-state index contributed by atoms with van der Waals surface area (Å²) in [6.07, 6.45) is 1.29. The second-order valence-corrected chi connectivity index (χ2v) is 2.65. The SMILES string of the molecule is CCCCC(O)(C=O)C(=O)OC=O. The highest BCUT2D eigenvalue weighted by Crippen LogP contribution is 2.13. The Bertz CT molecular complexity index is 201. The van der Waals surface area contributed by atoms with Crippen LogP contribution in [0.5, 0.6) is 0 Å². The third kappa shape index (κ3) is 3.33. The standard InChI is InChI=1S/C8H12O5/c1-2-3-4-8(12,5-9)7(11)13-6-10/h5-6,12H,2-4H2,1H3. The molecule has 0 aliphatic carbocycles. The summed E-state index contributed by atoms with van der Waals surface area (Å²) in [6.45, 7) is 1.74. The van der Waals surface area contributed by atoms with Gasteiger partial charge in [0.15, 0.2) is 6.29 Å². The molecule has 5 heteroatoms. The Hall–Kier alpha value is -1.23. The monoisotopic (exact) mass is 188 g/mol. The molecule has 0 saturated heterocycles. The van der Waals surface area contributed by atoms with Crippen molar-refractivity contribution in [2.75, 3.05) is 0 Å². The molecular formula is C8H12O5. The smallest absolute Gasteiger partial charge is 0.353 e. The maximum absolute atomic E-state index is 10.9. The summed E-state index contributed by atoms with van der Waals surface area (Å²) >= 11 is 0. The zero-order valence-corrected chi connectivity index (χ0v) is 7.36. The van der Waals surface area contributed by atoms with Gasteiger partial charge in [0.25, 0.3) is 0 Å². The molecule has 74 valence electrons. The van der Waals surface area contributed by atoms with Crippen LogP contribution in [0.2, 0.25) is 0 Å². The number of rotatable bonds is 6. The Morgan fingerprint density at radius 2 is 2.15 bits per heavy atom. The summed E-state index contributed by atoms with van der Waals surface area (Å²) in [5, 5.41) is 9.35. The Kier molecular flexibility index (Phi) is 4.91. The first-order chi connectivity index (χ1) is 6.10. The molecule has 0 bridgehead atoms. The molecule has 1 atom stereocenters. The summed E-state index contributed by atoms with van der Waals surface area (Å²) in [6, 6.07) is 0. The lowest BCUT2D eigenvalue weighted by Crippen LogP contribution is -2.41. The third-order valence-corrected chi connectivity index (χ3v) is 1.62. The summed E-state index contributed by atoms with van der Waals surface area (Å²) in [4.78, 5) is 31.0. The lowest BCUT2D eigenvalue weighted by Gasteiger charge is -2.16. The number of unbranched alkanes of at least 4 members (excludes halogenated alkanes) is 1. The lowest BCUT2D eigenvalue weighted by atomic mass is 9.99. The quantitative estimate of drug-likeness (QED) is 0.355. The van der Waals surface area contributed by atoms with Gasteiger partial charge in [-0.2, -0.15) is 0 Å². The molecule has 0 aromatic rings. The van der Waals surface area contributed by atoms with Crippen molar-refractivity contribution in [2.24, 2.45) is 0 Å². The molecule has 0 saturated carbocycles. The zero-order chi connectivity index (χ0) is 10.3. The minimum atomic E-state index is -2.17. The van der Waals surface area contributed by atoms with Gasteiger partial charge in [-0.25, -0.2) is 4.79 Å². The van der Waals surface area contributed by atoms with E-state index in [4.69, 9.17) is 0 Å². The fourth-order valence-corrected chi connectivity index (χ4v) is 0.801. The van der Waals surface area contributed by atoms with Crippen molar-refractivity contribution in [3.05, 3.63) is 0 Å². The van der Waals surface area contributed by atoms with Crippen LogP contribution in [0.3, 0.4) is 0 Å². The van der Waals surface area contributed by atoms with Crippen LogP contribution >= 0.6 is 0 Å². The van der Waals surface area contributed by atoms with Crippen LogP contribution in [0.1, 0.15) is 26.2 Å². The van der Waals surface area contributed by atoms with Gasteiger partial charge in [-0.3, -0.25) is 9.59 Å². The minimum Gasteiger partial charge on any atom is -0.393 e. The molecule has 0 heterocycles. The highest BCUT2D eigenvalue weighted by molar-refractivity contribution is 5.98. The van der Waals surface area contributed by atoms with Gasteiger partial charge in [0.1, 0.15) is 0 Å². The van der Waals surface area contributed by atoms with E-state index >= 15 is 0 Å². The fraction of sp³-hybridized carbons (Fsp3) is 0.625. The van der Waals surface area contributed by atoms with Crippen molar-refractivity contribution in [3.8, 4) is 0 Å². The molecule has 0 aromatic heterocycles. The van der Waals surface area contributed by atoms with Gasteiger partial charge < -0.3 is 9.84 Å². The Balaban J connectivity index is 4.32. The summed E-state index contributed by atoms with van der Waals surface area (Å²) in [7, 11) is 0. The van der Waals surface area contributed by atoms with Crippen molar-refractivity contribution in [1.82, 2.24) is 0 Å². The number of aliphatic hydroxyl groups is 1. The molecular weight excluding hydrogens is 176 g/mol. The molecule has 0 rings (SSSR count). The molecule has 0 aromatic carbocycles. The van der Waals surface area contributed by atoms with E-state index in [-0.39, 0.29) is 19.2 Å². The maximum Gasteiger partial charge on any atom is 0.353 e. The number of ether oxygens (including phenoxy) is 1. The van der Waals surface area contributed by atoms with Gasteiger partial charge in [-0.05, 0) is 12.8 Å². The van der Waals surface area contributed by atoms with Crippen LogP contribution in [0, 0.1) is 0 Å². The number of hydrogen-bond acceptors (Lipinski definition) is 5. The molecule has 0 radical (unpaired) electrons. The second kappa shape index (κ2) is 5.42. The van der Waals surface area contributed by atoms with Crippen LogP contribution in [0.4, 0.5) is 0 Å². The van der Waals surface area contributed by atoms with Crippen molar-refractivity contribution in [1.29, 1.82) is 0 Å². The van der Waals surface area contributed by atoms with Gasteiger partial charge in [-0.1, -0.05) is 13.3 Å². The average Bonchev–Trinajstić information content (AvgIpc) is 2.14. The third-order valence-electron chi connectivity index (χ3n) is 1.62. The molecule has 0 aliphatic heterocycles. The average molecular weight is 188 g/mol. The summed E-state index contributed by atoms with van der Waals surface area (Å²) in [5.74, 6) is -1.22. The van der Waals surface area contributed by atoms with E-state index in [2.05, 4.69) is 4.74 Å². The molecule has 0 amide bonds. The van der Waals surface area contributed by atoms with Gasteiger partial charge in [0.2, 0.25) is 5.60 Å². The van der Waals surface area contributed by atoms with Crippen molar-refractivity contribution in [3.63, 3.8) is 0 Å². The maximum atomic E-state index is 10.9. The Labute approximate surface area is 75.7 Å². The first-order valence-corrected chi connectivity index (χ1v) is 3.94. The van der Waals surface area contributed by atoms with Crippen molar-refractivity contribution in [2.45, 2.75) is 31.8 Å². The summed E-state index contributed by atoms with van der Waals surface area (Å²) in [5.41, 5.74) is -2.17. The van der Waals surface area contributed by atoms with E-state index < -0.39 is 11.6 Å². The molecule has 0 spiro atoms. The zero-order valence-electron chi connectivity index (χ0n) is 7.36. The highest BCUT2D eigenvalue weighted by atomic mass is 16.6. The van der Waals surface area contributed by atoms with Crippen LogP contribution in [0.25, 0.3) is 0 Å².